The van der Waals surface area contributed by atoms with Crippen molar-refractivity contribution < 1.29 is 14.6 Å². The molecular weight excluding hydrogens is 218 g/mol. The van der Waals surface area contributed by atoms with Crippen LogP contribution in [0, 0.1) is 0 Å². The highest BCUT2D eigenvalue weighted by molar-refractivity contribution is 5.73. The first kappa shape index (κ1) is 16.4. The van der Waals surface area contributed by atoms with E-state index in [0.717, 1.165) is 38.7 Å². The van der Waals surface area contributed by atoms with E-state index in [4.69, 9.17) is 9.84 Å². The molecule has 1 atom stereocenters. The van der Waals surface area contributed by atoms with Gasteiger partial charge in [0.1, 0.15) is 6.04 Å². The molecule has 0 aliphatic rings. The van der Waals surface area contributed by atoms with Gasteiger partial charge in [-0.05, 0) is 25.8 Å². The molecular formula is C13H27NO3. The Morgan fingerprint density at radius 2 is 1.82 bits per heavy atom. The summed E-state index contributed by atoms with van der Waals surface area (Å²) in [6.07, 6.45) is 5.82. The molecule has 1 unspecified atom stereocenters. The largest absolute Gasteiger partial charge is 0.480 e. The van der Waals surface area contributed by atoms with Crippen LogP contribution in [0.25, 0.3) is 0 Å². The number of unbranched alkanes of at least 4 members (excludes halogenated alkanes) is 2. The number of aliphatic carboxylic acids is 1. The van der Waals surface area contributed by atoms with Crippen LogP contribution in [0.2, 0.25) is 0 Å². The van der Waals surface area contributed by atoms with Gasteiger partial charge < -0.3 is 15.2 Å². The van der Waals surface area contributed by atoms with Crippen LogP contribution in [0.5, 0.6) is 0 Å². The molecule has 0 aliphatic heterocycles. The molecule has 17 heavy (non-hydrogen) atoms. The van der Waals surface area contributed by atoms with E-state index in [-0.39, 0.29) is 0 Å². The average Bonchev–Trinajstić information content (AvgIpc) is 2.31. The van der Waals surface area contributed by atoms with Gasteiger partial charge >= 0.3 is 5.97 Å². The topological polar surface area (TPSA) is 58.6 Å². The molecule has 0 radical (unpaired) electrons. The van der Waals surface area contributed by atoms with Gasteiger partial charge in [0.2, 0.25) is 0 Å². The highest BCUT2D eigenvalue weighted by Crippen LogP contribution is 2.01. The minimum atomic E-state index is -0.745. The first-order valence-corrected chi connectivity index (χ1v) is 6.76. The van der Waals surface area contributed by atoms with Gasteiger partial charge in [-0.15, -0.1) is 0 Å². The zero-order valence-electron chi connectivity index (χ0n) is 11.2. The van der Waals surface area contributed by atoms with Gasteiger partial charge in [0.15, 0.2) is 0 Å². The zero-order valence-corrected chi connectivity index (χ0v) is 11.2. The molecule has 0 aliphatic carbocycles. The van der Waals surface area contributed by atoms with Crippen LogP contribution in [0.1, 0.15) is 52.4 Å². The standard InChI is InChI=1S/C13H27NO3/c1-3-5-8-12(13(15)16)14-9-7-11-17-10-6-4-2/h12,14H,3-11H2,1-2H3,(H,15,16). The SMILES string of the molecule is CCCCOCCCNC(CCCC)C(=O)O. The lowest BCUT2D eigenvalue weighted by Crippen LogP contribution is -2.37. The van der Waals surface area contributed by atoms with Crippen molar-refractivity contribution in [3.63, 3.8) is 0 Å². The molecule has 0 heterocycles. The zero-order chi connectivity index (χ0) is 12.9. The number of hydrogen-bond acceptors (Lipinski definition) is 3. The summed E-state index contributed by atoms with van der Waals surface area (Å²) in [5.41, 5.74) is 0. The van der Waals surface area contributed by atoms with E-state index in [2.05, 4.69) is 19.2 Å². The Morgan fingerprint density at radius 1 is 1.18 bits per heavy atom. The first-order chi connectivity index (χ1) is 8.22. The van der Waals surface area contributed by atoms with E-state index >= 15 is 0 Å². The van der Waals surface area contributed by atoms with Gasteiger partial charge in [0, 0.05) is 13.2 Å². The molecule has 0 rings (SSSR count). The number of ether oxygens (including phenoxy) is 1. The smallest absolute Gasteiger partial charge is 0.320 e. The molecule has 0 saturated heterocycles. The Hall–Kier alpha value is -0.610. The molecule has 0 amide bonds. The van der Waals surface area contributed by atoms with Crippen molar-refractivity contribution in [2.45, 2.75) is 58.4 Å². The summed E-state index contributed by atoms with van der Waals surface area (Å²) < 4.78 is 5.41. The lowest BCUT2D eigenvalue weighted by molar-refractivity contribution is -0.139. The number of carbonyl (C=O) groups is 1. The molecule has 2 N–H and O–H groups in total. The van der Waals surface area contributed by atoms with Crippen LogP contribution >= 0.6 is 0 Å². The predicted molar refractivity (Wildman–Crippen MR) is 69.3 cm³/mol. The molecule has 0 aromatic heterocycles. The van der Waals surface area contributed by atoms with Crippen molar-refractivity contribution in [2.75, 3.05) is 19.8 Å². The molecule has 0 fully saturated rings. The van der Waals surface area contributed by atoms with Crippen LogP contribution in [0.15, 0.2) is 0 Å². The summed E-state index contributed by atoms with van der Waals surface area (Å²) in [5.74, 6) is -0.745. The summed E-state index contributed by atoms with van der Waals surface area (Å²) in [6, 6.07) is -0.398. The van der Waals surface area contributed by atoms with Crippen molar-refractivity contribution in [1.82, 2.24) is 5.32 Å². The summed E-state index contributed by atoms with van der Waals surface area (Å²) in [6.45, 7) is 6.45. The van der Waals surface area contributed by atoms with E-state index in [9.17, 15) is 4.79 Å². The van der Waals surface area contributed by atoms with E-state index in [1.165, 1.54) is 0 Å². The molecule has 0 aromatic rings. The minimum Gasteiger partial charge on any atom is -0.480 e. The second-order valence-electron chi connectivity index (χ2n) is 4.31. The summed E-state index contributed by atoms with van der Waals surface area (Å²) >= 11 is 0. The van der Waals surface area contributed by atoms with Crippen LogP contribution in [-0.2, 0) is 9.53 Å². The third-order valence-electron chi connectivity index (χ3n) is 2.64. The quantitative estimate of drug-likeness (QED) is 0.518. The Bertz CT molecular complexity index is 186. The maximum absolute atomic E-state index is 10.9. The van der Waals surface area contributed by atoms with Gasteiger partial charge in [0.25, 0.3) is 0 Å². The second-order valence-corrected chi connectivity index (χ2v) is 4.31. The van der Waals surface area contributed by atoms with Crippen molar-refractivity contribution in [1.29, 1.82) is 0 Å². The Morgan fingerprint density at radius 3 is 2.41 bits per heavy atom. The van der Waals surface area contributed by atoms with Crippen molar-refractivity contribution in [3.05, 3.63) is 0 Å². The Kier molecular flexibility index (Phi) is 11.4. The number of rotatable bonds is 12. The minimum absolute atomic E-state index is 0.398. The van der Waals surface area contributed by atoms with E-state index in [1.807, 2.05) is 0 Å². The number of carboxylic acid groups (broad SMARTS) is 1. The highest BCUT2D eigenvalue weighted by Gasteiger charge is 2.14. The van der Waals surface area contributed by atoms with Crippen LogP contribution in [-0.4, -0.2) is 36.9 Å². The molecule has 0 spiro atoms. The van der Waals surface area contributed by atoms with Crippen molar-refractivity contribution in [2.24, 2.45) is 0 Å². The molecule has 102 valence electrons. The molecule has 0 aromatic carbocycles. The van der Waals surface area contributed by atoms with Crippen LogP contribution < -0.4 is 5.32 Å². The number of nitrogens with one attached hydrogen (secondary N) is 1. The number of hydrogen-bond donors (Lipinski definition) is 2. The Labute approximate surface area is 105 Å². The lowest BCUT2D eigenvalue weighted by Gasteiger charge is -2.13. The van der Waals surface area contributed by atoms with Crippen molar-refractivity contribution in [3.8, 4) is 0 Å². The number of carboxylic acids is 1. The van der Waals surface area contributed by atoms with Gasteiger partial charge in [-0.1, -0.05) is 33.1 Å². The van der Waals surface area contributed by atoms with E-state index in [1.54, 1.807) is 0 Å². The third-order valence-corrected chi connectivity index (χ3v) is 2.64. The fourth-order valence-electron chi connectivity index (χ4n) is 1.52. The normalized spacial score (nSPS) is 12.6. The summed E-state index contributed by atoms with van der Waals surface area (Å²) in [5, 5.41) is 12.0. The fraction of sp³-hybridized carbons (Fsp3) is 0.923. The lowest BCUT2D eigenvalue weighted by atomic mass is 10.1. The molecule has 0 bridgehead atoms. The highest BCUT2D eigenvalue weighted by atomic mass is 16.5. The van der Waals surface area contributed by atoms with Crippen molar-refractivity contribution >= 4 is 5.97 Å². The third kappa shape index (κ3) is 10.3. The average molecular weight is 245 g/mol. The van der Waals surface area contributed by atoms with Crippen LogP contribution in [0.3, 0.4) is 0 Å². The fourth-order valence-corrected chi connectivity index (χ4v) is 1.52. The molecule has 4 heteroatoms. The van der Waals surface area contributed by atoms with Gasteiger partial charge in [-0.25, -0.2) is 0 Å². The first-order valence-electron chi connectivity index (χ1n) is 6.76. The van der Waals surface area contributed by atoms with E-state index < -0.39 is 12.0 Å². The van der Waals surface area contributed by atoms with E-state index in [0.29, 0.717) is 19.6 Å². The van der Waals surface area contributed by atoms with Gasteiger partial charge in [-0.2, -0.15) is 0 Å². The maximum Gasteiger partial charge on any atom is 0.320 e. The molecule has 4 nitrogen and oxygen atoms in total. The van der Waals surface area contributed by atoms with Gasteiger partial charge in [0.05, 0.1) is 0 Å². The summed E-state index contributed by atoms with van der Waals surface area (Å²) in [7, 11) is 0. The van der Waals surface area contributed by atoms with Crippen LogP contribution in [0.4, 0.5) is 0 Å². The van der Waals surface area contributed by atoms with Gasteiger partial charge in [-0.3, -0.25) is 4.79 Å². The molecule has 0 saturated carbocycles. The maximum atomic E-state index is 10.9. The Balaban J connectivity index is 3.44. The monoisotopic (exact) mass is 245 g/mol. The summed E-state index contributed by atoms with van der Waals surface area (Å²) in [4.78, 5) is 10.9. The second kappa shape index (κ2) is 11.9. The predicted octanol–water partition coefficient (Wildman–Crippen LogP) is 2.43.